The smallest absolute Gasteiger partial charge is 0.323 e. The minimum atomic E-state index is -3.77. The Morgan fingerprint density at radius 2 is 1.86 bits per heavy atom. The highest BCUT2D eigenvalue weighted by atomic mass is 32.2. The lowest BCUT2D eigenvalue weighted by Crippen LogP contribution is -2.55. The topological polar surface area (TPSA) is 126 Å². The van der Waals surface area contributed by atoms with Crippen LogP contribution in [0.3, 0.4) is 0 Å². The van der Waals surface area contributed by atoms with E-state index in [0.717, 1.165) is 11.2 Å². The number of rotatable bonds is 5. The predicted octanol–water partition coefficient (Wildman–Crippen LogP) is -1.09. The van der Waals surface area contributed by atoms with Crippen molar-refractivity contribution in [2.45, 2.75) is 31.1 Å². The number of hydrogen-bond donors (Lipinski definition) is 1. The minimum Gasteiger partial charge on any atom is -0.480 e. The Morgan fingerprint density at radius 3 is 2.19 bits per heavy atom. The van der Waals surface area contributed by atoms with E-state index in [4.69, 9.17) is 5.11 Å². The van der Waals surface area contributed by atoms with Crippen LogP contribution in [0.15, 0.2) is 0 Å². The molecule has 1 unspecified atom stereocenters. The van der Waals surface area contributed by atoms with Crippen LogP contribution in [-0.4, -0.2) is 73.8 Å². The van der Waals surface area contributed by atoms with E-state index in [1.54, 1.807) is 0 Å². The number of aliphatic carboxylic acids is 1. The monoisotopic (exact) mass is 341 g/mol. The third kappa shape index (κ3) is 3.94. The molecule has 0 aromatic rings. The van der Waals surface area contributed by atoms with Gasteiger partial charge in [0.05, 0.1) is 11.5 Å². The lowest BCUT2D eigenvalue weighted by Gasteiger charge is -2.33. The maximum absolute atomic E-state index is 12.4. The van der Waals surface area contributed by atoms with Crippen molar-refractivity contribution in [2.75, 3.05) is 24.3 Å². The zero-order valence-electron chi connectivity index (χ0n) is 12.1. The Balaban J connectivity index is 3.15. The Hall–Kier alpha value is -1.16. The van der Waals surface area contributed by atoms with E-state index in [1.165, 1.54) is 13.8 Å². The summed E-state index contributed by atoms with van der Waals surface area (Å²) in [5, 5.41) is 8.90. The molecule has 1 aliphatic heterocycles. The summed E-state index contributed by atoms with van der Waals surface area (Å²) >= 11 is 0. The fourth-order valence-corrected chi connectivity index (χ4v) is 4.20. The van der Waals surface area contributed by atoms with Gasteiger partial charge in [0.1, 0.15) is 11.3 Å². The van der Waals surface area contributed by atoms with Crippen LogP contribution >= 0.6 is 0 Å². The fraction of sp³-hybridized carbons (Fsp3) is 0.818. The summed E-state index contributed by atoms with van der Waals surface area (Å²) in [5.41, 5.74) is 0. The highest BCUT2D eigenvalue weighted by molar-refractivity contribution is 7.92. The third-order valence-corrected chi connectivity index (χ3v) is 7.44. The van der Waals surface area contributed by atoms with Crippen molar-refractivity contribution in [3.8, 4) is 0 Å². The maximum Gasteiger partial charge on any atom is 0.323 e. The standard InChI is InChI=1S/C11H19NO7S2/c1-11(2,20(3,16)17)10(15)12(6-9(13)14)8-4-5-21(18,19)7-8/h8H,4-7H2,1-3H3,(H,13,14). The van der Waals surface area contributed by atoms with Gasteiger partial charge in [-0.15, -0.1) is 0 Å². The second-order valence-corrected chi connectivity index (χ2v) is 10.5. The first kappa shape index (κ1) is 17.9. The van der Waals surface area contributed by atoms with E-state index in [1.807, 2.05) is 0 Å². The van der Waals surface area contributed by atoms with Gasteiger partial charge in [-0.3, -0.25) is 9.59 Å². The number of carbonyl (C=O) groups excluding carboxylic acids is 1. The Bertz CT molecular complexity index is 648. The fourth-order valence-electron chi connectivity index (χ4n) is 2.04. The molecule has 0 aromatic carbocycles. The molecular formula is C11H19NO7S2. The molecule has 8 nitrogen and oxygen atoms in total. The summed E-state index contributed by atoms with van der Waals surface area (Å²) in [6.45, 7) is 1.64. The summed E-state index contributed by atoms with van der Waals surface area (Å²) in [5.74, 6) is -2.70. The molecule has 0 saturated carbocycles. The van der Waals surface area contributed by atoms with Crippen LogP contribution in [0.4, 0.5) is 0 Å². The number of carboxylic acid groups (broad SMARTS) is 1. The molecule has 21 heavy (non-hydrogen) atoms. The van der Waals surface area contributed by atoms with Gasteiger partial charge in [-0.25, -0.2) is 16.8 Å². The molecular weight excluding hydrogens is 322 g/mol. The molecule has 122 valence electrons. The van der Waals surface area contributed by atoms with Crippen LogP contribution in [0.1, 0.15) is 20.3 Å². The molecule has 1 saturated heterocycles. The summed E-state index contributed by atoms with van der Waals surface area (Å²) in [7, 11) is -7.10. The van der Waals surface area contributed by atoms with Gasteiger partial charge >= 0.3 is 5.97 Å². The summed E-state index contributed by atoms with van der Waals surface area (Å²) < 4.78 is 44.6. The molecule has 0 radical (unpaired) electrons. The second-order valence-electron chi connectivity index (χ2n) is 5.67. The van der Waals surface area contributed by atoms with Gasteiger partial charge in [0.15, 0.2) is 19.7 Å². The predicted molar refractivity (Wildman–Crippen MR) is 75.3 cm³/mol. The van der Waals surface area contributed by atoms with Crippen LogP contribution in [0, 0.1) is 0 Å². The Labute approximate surface area is 124 Å². The normalized spacial score (nSPS) is 22.0. The summed E-state index contributed by atoms with van der Waals surface area (Å²) in [6.07, 6.45) is 0.996. The molecule has 1 N–H and O–H groups in total. The maximum atomic E-state index is 12.4. The lowest BCUT2D eigenvalue weighted by molar-refractivity contribution is -0.146. The van der Waals surface area contributed by atoms with Crippen molar-refractivity contribution in [1.29, 1.82) is 0 Å². The van der Waals surface area contributed by atoms with Crippen LogP contribution in [0.25, 0.3) is 0 Å². The molecule has 1 fully saturated rings. The number of amides is 1. The highest BCUT2D eigenvalue weighted by Gasteiger charge is 2.45. The molecule has 1 rings (SSSR count). The van der Waals surface area contributed by atoms with Crippen LogP contribution in [0.5, 0.6) is 0 Å². The number of sulfone groups is 2. The average Bonchev–Trinajstić information content (AvgIpc) is 2.63. The molecule has 1 heterocycles. The van der Waals surface area contributed by atoms with Gasteiger partial charge in [0, 0.05) is 12.3 Å². The number of hydrogen-bond acceptors (Lipinski definition) is 6. The van der Waals surface area contributed by atoms with Gasteiger partial charge in [0.25, 0.3) is 0 Å². The Morgan fingerprint density at radius 1 is 1.33 bits per heavy atom. The van der Waals surface area contributed by atoms with Gasteiger partial charge in [-0.2, -0.15) is 0 Å². The molecule has 1 atom stereocenters. The van der Waals surface area contributed by atoms with E-state index >= 15 is 0 Å². The van der Waals surface area contributed by atoms with Crippen molar-refractivity contribution in [1.82, 2.24) is 4.90 Å². The first-order chi connectivity index (χ1) is 9.28. The van der Waals surface area contributed by atoms with Crippen molar-refractivity contribution in [3.05, 3.63) is 0 Å². The summed E-state index contributed by atoms with van der Waals surface area (Å²) in [6, 6.07) is -0.806. The Kier molecular flexibility index (Phi) is 4.74. The zero-order chi connectivity index (χ0) is 16.6. The molecule has 0 aromatic heterocycles. The van der Waals surface area contributed by atoms with Gasteiger partial charge in [0.2, 0.25) is 5.91 Å². The largest absolute Gasteiger partial charge is 0.480 e. The lowest BCUT2D eigenvalue weighted by atomic mass is 10.1. The van der Waals surface area contributed by atoms with Crippen molar-refractivity contribution >= 4 is 31.6 Å². The van der Waals surface area contributed by atoms with Crippen LogP contribution in [-0.2, 0) is 29.3 Å². The zero-order valence-corrected chi connectivity index (χ0v) is 13.7. The first-order valence-electron chi connectivity index (χ1n) is 6.21. The van der Waals surface area contributed by atoms with E-state index < -0.39 is 48.9 Å². The second kappa shape index (κ2) is 5.56. The molecule has 0 bridgehead atoms. The quantitative estimate of drug-likeness (QED) is 0.673. The number of carboxylic acids is 1. The number of carbonyl (C=O) groups is 2. The molecule has 10 heteroatoms. The highest BCUT2D eigenvalue weighted by Crippen LogP contribution is 2.24. The molecule has 0 spiro atoms. The minimum absolute atomic E-state index is 0.112. The van der Waals surface area contributed by atoms with Crippen LogP contribution in [0.2, 0.25) is 0 Å². The molecule has 1 amide bonds. The molecule has 1 aliphatic rings. The van der Waals surface area contributed by atoms with E-state index in [-0.39, 0.29) is 17.9 Å². The van der Waals surface area contributed by atoms with Gasteiger partial charge in [-0.05, 0) is 20.3 Å². The van der Waals surface area contributed by atoms with Crippen LogP contribution < -0.4 is 0 Å². The van der Waals surface area contributed by atoms with Gasteiger partial charge < -0.3 is 10.0 Å². The molecule has 0 aliphatic carbocycles. The summed E-state index contributed by atoms with van der Waals surface area (Å²) in [4.78, 5) is 24.2. The van der Waals surface area contributed by atoms with Gasteiger partial charge in [-0.1, -0.05) is 0 Å². The average molecular weight is 341 g/mol. The van der Waals surface area contributed by atoms with E-state index in [9.17, 15) is 26.4 Å². The van der Waals surface area contributed by atoms with Crippen molar-refractivity contribution < 1.29 is 31.5 Å². The third-order valence-electron chi connectivity index (χ3n) is 3.66. The first-order valence-corrected chi connectivity index (χ1v) is 9.92. The van der Waals surface area contributed by atoms with E-state index in [2.05, 4.69) is 0 Å². The van der Waals surface area contributed by atoms with Crippen molar-refractivity contribution in [2.24, 2.45) is 0 Å². The van der Waals surface area contributed by atoms with E-state index in [0.29, 0.717) is 0 Å². The SMILES string of the molecule is CC(C)(C(=O)N(CC(=O)O)C1CCS(=O)(=O)C1)S(C)(=O)=O. The number of nitrogens with zero attached hydrogens (tertiary/aromatic N) is 1. The van der Waals surface area contributed by atoms with Crippen molar-refractivity contribution in [3.63, 3.8) is 0 Å².